The van der Waals surface area contributed by atoms with Crippen LogP contribution in [0.4, 0.5) is 0 Å². The third-order valence-electron chi connectivity index (χ3n) is 2.00. The third kappa shape index (κ3) is 0.716. The van der Waals surface area contributed by atoms with Gasteiger partial charge in [-0.05, 0) is 6.07 Å². The van der Waals surface area contributed by atoms with Crippen molar-refractivity contribution in [2.45, 2.75) is 0 Å². The van der Waals surface area contributed by atoms with Gasteiger partial charge in [-0.1, -0.05) is 30.0 Å². The van der Waals surface area contributed by atoms with Crippen LogP contribution >= 0.6 is 11.8 Å². The SMILES string of the molecule is c1ccc2c(c1)=NC1=NCSC=21. The summed E-state index contributed by atoms with van der Waals surface area (Å²) in [5.74, 6) is 1.77. The largest absolute Gasteiger partial charge is 0.254 e. The van der Waals surface area contributed by atoms with E-state index < -0.39 is 0 Å². The maximum Gasteiger partial charge on any atom is 0.163 e. The Morgan fingerprint density at radius 3 is 3.17 bits per heavy atom. The number of rotatable bonds is 0. The highest BCUT2D eigenvalue weighted by Gasteiger charge is 2.18. The second kappa shape index (κ2) is 2.20. The molecule has 0 unspecified atom stereocenters. The van der Waals surface area contributed by atoms with Gasteiger partial charge >= 0.3 is 0 Å². The van der Waals surface area contributed by atoms with E-state index in [0.717, 1.165) is 17.1 Å². The summed E-state index contributed by atoms with van der Waals surface area (Å²) in [6.07, 6.45) is 0. The molecule has 0 bridgehead atoms. The molecular formula is C9H6N2S. The zero-order chi connectivity index (χ0) is 7.97. The molecule has 2 heterocycles. The molecule has 12 heavy (non-hydrogen) atoms. The topological polar surface area (TPSA) is 24.7 Å². The van der Waals surface area contributed by atoms with E-state index in [0.29, 0.717) is 0 Å². The molecule has 2 nitrogen and oxygen atoms in total. The van der Waals surface area contributed by atoms with Gasteiger partial charge in [-0.2, -0.15) is 0 Å². The highest BCUT2D eigenvalue weighted by Crippen LogP contribution is 2.25. The molecule has 2 aliphatic rings. The molecule has 0 atom stereocenters. The van der Waals surface area contributed by atoms with Crippen LogP contribution in [0.15, 0.2) is 34.3 Å². The number of para-hydroxylation sites is 1. The van der Waals surface area contributed by atoms with Crippen LogP contribution in [0.25, 0.3) is 4.91 Å². The molecule has 0 aromatic heterocycles. The average Bonchev–Trinajstić information content (AvgIpc) is 2.62. The second-order valence-electron chi connectivity index (χ2n) is 2.71. The van der Waals surface area contributed by atoms with Crippen LogP contribution in [-0.4, -0.2) is 11.7 Å². The number of thioether (sulfide) groups is 1. The number of amidine groups is 1. The van der Waals surface area contributed by atoms with Crippen molar-refractivity contribution in [3.63, 3.8) is 0 Å². The van der Waals surface area contributed by atoms with Gasteiger partial charge in [0.1, 0.15) is 0 Å². The van der Waals surface area contributed by atoms with E-state index in [1.54, 1.807) is 11.8 Å². The summed E-state index contributed by atoms with van der Waals surface area (Å²) in [7, 11) is 0. The molecule has 0 fully saturated rings. The van der Waals surface area contributed by atoms with E-state index in [4.69, 9.17) is 0 Å². The molecule has 3 rings (SSSR count). The predicted octanol–water partition coefficient (Wildman–Crippen LogP) is 0.531. The second-order valence-corrected chi connectivity index (χ2v) is 3.67. The van der Waals surface area contributed by atoms with Crippen LogP contribution in [0.5, 0.6) is 0 Å². The smallest absolute Gasteiger partial charge is 0.163 e. The van der Waals surface area contributed by atoms with Crippen molar-refractivity contribution < 1.29 is 0 Å². The quantitative estimate of drug-likeness (QED) is 0.563. The van der Waals surface area contributed by atoms with Crippen molar-refractivity contribution in [2.24, 2.45) is 9.98 Å². The molecule has 0 aliphatic carbocycles. The van der Waals surface area contributed by atoms with Crippen LogP contribution in [0, 0.1) is 0 Å². The molecule has 0 spiro atoms. The molecule has 1 aromatic rings. The molecule has 0 radical (unpaired) electrons. The maximum absolute atomic E-state index is 4.41. The number of benzene rings is 1. The third-order valence-corrected chi connectivity index (χ3v) is 2.95. The Bertz CT molecular complexity index is 487. The summed E-state index contributed by atoms with van der Waals surface area (Å²) >= 11 is 1.77. The van der Waals surface area contributed by atoms with E-state index in [-0.39, 0.29) is 0 Å². The van der Waals surface area contributed by atoms with Gasteiger partial charge in [0.05, 0.1) is 16.1 Å². The normalized spacial score (nSPS) is 18.3. The highest BCUT2D eigenvalue weighted by molar-refractivity contribution is 8.09. The first-order chi connectivity index (χ1) is 5.95. The number of fused-ring (bicyclic) bond motifs is 2. The van der Waals surface area contributed by atoms with Crippen molar-refractivity contribution in [3.8, 4) is 0 Å². The van der Waals surface area contributed by atoms with Crippen LogP contribution in [-0.2, 0) is 0 Å². The molecule has 2 aliphatic heterocycles. The summed E-state index contributed by atoms with van der Waals surface area (Å²) in [5.41, 5.74) is 0. The lowest BCUT2D eigenvalue weighted by atomic mass is 10.3. The fourth-order valence-electron chi connectivity index (χ4n) is 1.46. The highest BCUT2D eigenvalue weighted by atomic mass is 32.2. The lowest BCUT2D eigenvalue weighted by Crippen LogP contribution is -2.21. The zero-order valence-electron chi connectivity index (χ0n) is 6.32. The minimum Gasteiger partial charge on any atom is -0.254 e. The standard InChI is InChI=1S/C9H6N2S/c1-2-4-7-6(3-1)8-9(11-7)10-5-12-8/h1-4H,5H2. The first-order valence-electron chi connectivity index (χ1n) is 3.81. The van der Waals surface area contributed by atoms with Gasteiger partial charge in [0.2, 0.25) is 0 Å². The Balaban J connectivity index is 2.52. The van der Waals surface area contributed by atoms with Gasteiger partial charge in [0.15, 0.2) is 5.84 Å². The van der Waals surface area contributed by atoms with Gasteiger partial charge < -0.3 is 0 Å². The van der Waals surface area contributed by atoms with Crippen LogP contribution < -0.4 is 10.6 Å². The summed E-state index contributed by atoms with van der Waals surface area (Å²) in [6, 6.07) is 8.19. The van der Waals surface area contributed by atoms with E-state index in [1.807, 2.05) is 18.2 Å². The Morgan fingerprint density at radius 1 is 1.25 bits per heavy atom. The van der Waals surface area contributed by atoms with E-state index in [1.165, 1.54) is 10.1 Å². The van der Waals surface area contributed by atoms with E-state index in [2.05, 4.69) is 16.1 Å². The fraction of sp³-hybridized carbons (Fsp3) is 0.111. The summed E-state index contributed by atoms with van der Waals surface area (Å²) < 4.78 is 0. The molecule has 0 saturated carbocycles. The summed E-state index contributed by atoms with van der Waals surface area (Å²) in [5, 5.41) is 2.32. The van der Waals surface area contributed by atoms with Crippen molar-refractivity contribution in [3.05, 3.63) is 34.8 Å². The van der Waals surface area contributed by atoms with Crippen LogP contribution in [0.2, 0.25) is 0 Å². The summed E-state index contributed by atoms with van der Waals surface area (Å²) in [6.45, 7) is 0. The monoisotopic (exact) mass is 174 g/mol. The Hall–Kier alpha value is -1.09. The van der Waals surface area contributed by atoms with Gasteiger partial charge in [-0.15, -0.1) is 0 Å². The van der Waals surface area contributed by atoms with Gasteiger partial charge in [-0.3, -0.25) is 4.99 Å². The number of hydrogen-bond donors (Lipinski definition) is 0. The lowest BCUT2D eigenvalue weighted by Gasteiger charge is -1.86. The van der Waals surface area contributed by atoms with Crippen molar-refractivity contribution in [1.29, 1.82) is 0 Å². The van der Waals surface area contributed by atoms with Gasteiger partial charge in [-0.25, -0.2) is 4.99 Å². The first kappa shape index (κ1) is 6.43. The van der Waals surface area contributed by atoms with Gasteiger partial charge in [0, 0.05) is 5.22 Å². The average molecular weight is 174 g/mol. The van der Waals surface area contributed by atoms with Crippen molar-refractivity contribution in [1.82, 2.24) is 0 Å². The maximum atomic E-state index is 4.41. The van der Waals surface area contributed by atoms with Crippen molar-refractivity contribution >= 4 is 22.5 Å². The number of nitrogens with zero attached hydrogens (tertiary/aromatic N) is 2. The molecule has 0 amide bonds. The minimum absolute atomic E-state index is 0.836. The number of hydrogen-bond acceptors (Lipinski definition) is 3. The molecule has 0 saturated heterocycles. The lowest BCUT2D eigenvalue weighted by molar-refractivity contribution is 1.34. The Labute approximate surface area is 73.7 Å². The summed E-state index contributed by atoms with van der Waals surface area (Å²) in [4.78, 5) is 9.95. The van der Waals surface area contributed by atoms with E-state index in [9.17, 15) is 0 Å². The molecule has 1 aromatic carbocycles. The van der Waals surface area contributed by atoms with Crippen molar-refractivity contribution in [2.75, 3.05) is 5.88 Å². The first-order valence-corrected chi connectivity index (χ1v) is 4.79. The van der Waals surface area contributed by atoms with Gasteiger partial charge in [0.25, 0.3) is 0 Å². The van der Waals surface area contributed by atoms with E-state index >= 15 is 0 Å². The Morgan fingerprint density at radius 2 is 2.17 bits per heavy atom. The molecule has 0 N–H and O–H groups in total. The Kier molecular flexibility index (Phi) is 1.18. The van der Waals surface area contributed by atoms with Crippen LogP contribution in [0.3, 0.4) is 0 Å². The predicted molar refractivity (Wildman–Crippen MR) is 50.5 cm³/mol. The molecule has 3 heteroatoms. The molecular weight excluding hydrogens is 168 g/mol. The minimum atomic E-state index is 0.836. The van der Waals surface area contributed by atoms with Crippen LogP contribution in [0.1, 0.15) is 0 Å². The molecule has 58 valence electrons. The fourth-order valence-corrected chi connectivity index (χ4v) is 2.34. The number of aliphatic imine (C=N–C) groups is 1. The zero-order valence-corrected chi connectivity index (χ0v) is 7.14.